The van der Waals surface area contributed by atoms with Gasteiger partial charge in [0.05, 0.1) is 35.9 Å². The summed E-state index contributed by atoms with van der Waals surface area (Å²) in [6.07, 6.45) is 1.57. The second-order valence-electron chi connectivity index (χ2n) is 10.1. The molecule has 1 aromatic heterocycles. The van der Waals surface area contributed by atoms with Crippen LogP contribution in [0.3, 0.4) is 0 Å². The standard InChI is InChI=1S/C25H29BrClN3O3/c1-24(2,3)14-33-21-18(27)10-15(11-20(21)32-7)13-28-30-22(31)17-12-16(26)8-9-19(17)29-23(30)25(4,5)6/h8-13H,14H2,1-7H3. The first-order valence-electron chi connectivity index (χ1n) is 10.6. The molecule has 0 aliphatic heterocycles. The number of benzene rings is 2. The molecular formula is C25H29BrClN3O3. The molecule has 0 unspecified atom stereocenters. The Bertz CT molecular complexity index is 1270. The van der Waals surface area contributed by atoms with E-state index < -0.39 is 5.41 Å². The average Bonchev–Trinajstić information content (AvgIpc) is 2.70. The molecule has 0 saturated heterocycles. The van der Waals surface area contributed by atoms with Crippen LogP contribution in [0.25, 0.3) is 10.9 Å². The van der Waals surface area contributed by atoms with Gasteiger partial charge in [-0.05, 0) is 41.3 Å². The van der Waals surface area contributed by atoms with E-state index in [9.17, 15) is 4.79 Å². The number of aromatic nitrogens is 2. The zero-order valence-electron chi connectivity index (χ0n) is 20.0. The van der Waals surface area contributed by atoms with Crippen LogP contribution in [-0.2, 0) is 5.41 Å². The number of methoxy groups -OCH3 is 1. The molecule has 0 aliphatic rings. The fourth-order valence-electron chi connectivity index (χ4n) is 3.11. The van der Waals surface area contributed by atoms with Gasteiger partial charge in [0.2, 0.25) is 0 Å². The second-order valence-corrected chi connectivity index (χ2v) is 11.4. The van der Waals surface area contributed by atoms with E-state index in [0.717, 1.165) is 4.47 Å². The molecule has 3 aromatic rings. The molecule has 0 bridgehead atoms. The molecule has 0 amide bonds. The summed E-state index contributed by atoms with van der Waals surface area (Å²) in [5.74, 6) is 1.54. The predicted molar refractivity (Wildman–Crippen MR) is 138 cm³/mol. The third-order valence-electron chi connectivity index (χ3n) is 4.70. The highest BCUT2D eigenvalue weighted by Gasteiger charge is 2.23. The molecule has 0 spiro atoms. The van der Waals surface area contributed by atoms with Crippen molar-refractivity contribution in [3.8, 4) is 11.5 Å². The third kappa shape index (κ3) is 5.95. The van der Waals surface area contributed by atoms with Gasteiger partial charge in [0.1, 0.15) is 5.82 Å². The smallest absolute Gasteiger partial charge is 0.282 e. The van der Waals surface area contributed by atoms with Crippen LogP contribution < -0.4 is 15.0 Å². The van der Waals surface area contributed by atoms with E-state index in [4.69, 9.17) is 26.1 Å². The lowest BCUT2D eigenvalue weighted by Gasteiger charge is -2.21. The van der Waals surface area contributed by atoms with Crippen molar-refractivity contribution >= 4 is 44.6 Å². The van der Waals surface area contributed by atoms with Gasteiger partial charge in [-0.15, -0.1) is 0 Å². The SMILES string of the molecule is COc1cc(C=Nn2c(C(C)(C)C)nc3ccc(Br)cc3c2=O)cc(Cl)c1OCC(C)(C)C. The van der Waals surface area contributed by atoms with Crippen molar-refractivity contribution in [1.29, 1.82) is 0 Å². The van der Waals surface area contributed by atoms with Gasteiger partial charge in [-0.25, -0.2) is 4.98 Å². The van der Waals surface area contributed by atoms with Crippen LogP contribution in [0, 0.1) is 5.41 Å². The van der Waals surface area contributed by atoms with Crippen molar-refractivity contribution in [2.24, 2.45) is 10.5 Å². The molecule has 6 nitrogen and oxygen atoms in total. The molecule has 176 valence electrons. The summed E-state index contributed by atoms with van der Waals surface area (Å²) < 4.78 is 13.6. The number of rotatable bonds is 5. The number of hydrogen-bond donors (Lipinski definition) is 0. The van der Waals surface area contributed by atoms with Crippen molar-refractivity contribution in [2.45, 2.75) is 47.0 Å². The number of hydrogen-bond acceptors (Lipinski definition) is 5. The van der Waals surface area contributed by atoms with Crippen LogP contribution in [0.2, 0.25) is 5.02 Å². The summed E-state index contributed by atoms with van der Waals surface area (Å²) in [7, 11) is 1.56. The van der Waals surface area contributed by atoms with Gasteiger partial charge >= 0.3 is 0 Å². The first-order chi connectivity index (χ1) is 15.3. The van der Waals surface area contributed by atoms with E-state index in [1.54, 1.807) is 31.5 Å². The van der Waals surface area contributed by atoms with Crippen LogP contribution >= 0.6 is 27.5 Å². The molecule has 0 fully saturated rings. The summed E-state index contributed by atoms with van der Waals surface area (Å²) in [6.45, 7) is 12.7. The Kier molecular flexibility index (Phi) is 7.24. The lowest BCUT2D eigenvalue weighted by Crippen LogP contribution is -2.29. The summed E-state index contributed by atoms with van der Waals surface area (Å²) in [5, 5.41) is 5.39. The minimum absolute atomic E-state index is 0.0307. The maximum Gasteiger partial charge on any atom is 0.282 e. The van der Waals surface area contributed by atoms with Gasteiger partial charge in [0.25, 0.3) is 5.56 Å². The monoisotopic (exact) mass is 533 g/mol. The van der Waals surface area contributed by atoms with E-state index in [2.05, 4.69) is 41.8 Å². The summed E-state index contributed by atoms with van der Waals surface area (Å²) >= 11 is 9.93. The van der Waals surface area contributed by atoms with E-state index in [-0.39, 0.29) is 11.0 Å². The summed E-state index contributed by atoms with van der Waals surface area (Å²) in [4.78, 5) is 18.0. The third-order valence-corrected chi connectivity index (χ3v) is 5.48. The highest BCUT2D eigenvalue weighted by atomic mass is 79.9. The highest BCUT2D eigenvalue weighted by Crippen LogP contribution is 2.37. The molecule has 0 radical (unpaired) electrons. The number of ether oxygens (including phenoxy) is 2. The Labute approximate surface area is 207 Å². The van der Waals surface area contributed by atoms with Crippen molar-refractivity contribution in [3.63, 3.8) is 0 Å². The molecule has 33 heavy (non-hydrogen) atoms. The second kappa shape index (κ2) is 9.47. The van der Waals surface area contributed by atoms with Crippen LogP contribution in [0.4, 0.5) is 0 Å². The minimum Gasteiger partial charge on any atom is -0.493 e. The Morgan fingerprint density at radius 3 is 2.45 bits per heavy atom. The van der Waals surface area contributed by atoms with E-state index in [0.29, 0.717) is 45.4 Å². The Morgan fingerprint density at radius 2 is 1.85 bits per heavy atom. The van der Waals surface area contributed by atoms with Gasteiger partial charge in [0.15, 0.2) is 11.5 Å². The molecule has 0 aliphatic carbocycles. The van der Waals surface area contributed by atoms with Crippen LogP contribution in [0.5, 0.6) is 11.5 Å². The van der Waals surface area contributed by atoms with Crippen molar-refractivity contribution < 1.29 is 9.47 Å². The van der Waals surface area contributed by atoms with Crippen molar-refractivity contribution in [1.82, 2.24) is 9.66 Å². The van der Waals surface area contributed by atoms with Crippen LogP contribution in [0.15, 0.2) is 44.7 Å². The molecule has 1 heterocycles. The lowest BCUT2D eigenvalue weighted by molar-refractivity contribution is 0.191. The van der Waals surface area contributed by atoms with Gasteiger partial charge in [-0.1, -0.05) is 69.1 Å². The zero-order valence-corrected chi connectivity index (χ0v) is 22.3. The summed E-state index contributed by atoms with van der Waals surface area (Å²) in [5.41, 5.74) is 0.616. The van der Waals surface area contributed by atoms with Crippen molar-refractivity contribution in [3.05, 3.63) is 61.6 Å². The van der Waals surface area contributed by atoms with Gasteiger partial charge in [-0.3, -0.25) is 4.79 Å². The Balaban J connectivity index is 2.09. The normalized spacial score (nSPS) is 12.5. The first-order valence-corrected chi connectivity index (χ1v) is 11.7. The number of halogens is 2. The van der Waals surface area contributed by atoms with E-state index in [1.165, 1.54) is 4.68 Å². The molecule has 8 heteroatoms. The van der Waals surface area contributed by atoms with Gasteiger partial charge < -0.3 is 9.47 Å². The first kappa shape index (κ1) is 25.2. The maximum atomic E-state index is 13.3. The fourth-order valence-corrected chi connectivity index (χ4v) is 3.74. The van der Waals surface area contributed by atoms with Crippen molar-refractivity contribution in [2.75, 3.05) is 13.7 Å². The molecule has 3 rings (SSSR count). The maximum absolute atomic E-state index is 13.3. The number of fused-ring (bicyclic) bond motifs is 1. The Hall–Kier alpha value is -2.38. The predicted octanol–water partition coefficient (Wildman–Crippen LogP) is 6.43. The van der Waals surface area contributed by atoms with E-state index in [1.807, 2.05) is 32.9 Å². The largest absolute Gasteiger partial charge is 0.493 e. The lowest BCUT2D eigenvalue weighted by atomic mass is 9.95. The highest BCUT2D eigenvalue weighted by molar-refractivity contribution is 9.10. The van der Waals surface area contributed by atoms with Crippen LogP contribution in [-0.4, -0.2) is 29.6 Å². The summed E-state index contributed by atoms with van der Waals surface area (Å²) in [6, 6.07) is 8.96. The minimum atomic E-state index is -0.405. The fraction of sp³-hybridized carbons (Fsp3) is 0.400. The molecule has 2 aromatic carbocycles. The molecule has 0 atom stereocenters. The molecule has 0 N–H and O–H groups in total. The molecule has 0 saturated carbocycles. The van der Waals surface area contributed by atoms with Gasteiger partial charge in [0, 0.05) is 9.89 Å². The Morgan fingerprint density at radius 1 is 1.15 bits per heavy atom. The topological polar surface area (TPSA) is 65.7 Å². The van der Waals surface area contributed by atoms with E-state index >= 15 is 0 Å². The van der Waals surface area contributed by atoms with Gasteiger partial charge in [-0.2, -0.15) is 9.78 Å². The average molecular weight is 535 g/mol. The molecular weight excluding hydrogens is 506 g/mol. The number of nitrogens with zero attached hydrogens (tertiary/aromatic N) is 3. The zero-order chi connectivity index (χ0) is 24.6. The van der Waals surface area contributed by atoms with Crippen LogP contribution in [0.1, 0.15) is 52.9 Å². The quantitative estimate of drug-likeness (QED) is 0.354.